The molecule has 1 heterocycles. The maximum atomic E-state index is 5.46. The topological polar surface area (TPSA) is 47.0 Å². The molecule has 1 N–H and O–H groups in total. The van der Waals surface area contributed by atoms with E-state index < -0.39 is 0 Å². The molecule has 4 nitrogen and oxygen atoms in total. The van der Waals surface area contributed by atoms with Crippen LogP contribution in [0, 0.1) is 0 Å². The third-order valence-electron chi connectivity index (χ3n) is 2.09. The van der Waals surface area contributed by atoms with Gasteiger partial charge in [0.2, 0.25) is 0 Å². The molecule has 0 aliphatic heterocycles. The molecule has 0 aliphatic rings. The third-order valence-corrected chi connectivity index (χ3v) is 2.67. The lowest BCUT2D eigenvalue weighted by molar-refractivity contribution is 0.0701. The van der Waals surface area contributed by atoms with Gasteiger partial charge in [0.1, 0.15) is 11.9 Å². The Morgan fingerprint density at radius 2 is 2.25 bits per heavy atom. The first-order valence-electron chi connectivity index (χ1n) is 5.56. The summed E-state index contributed by atoms with van der Waals surface area (Å²) in [5.74, 6) is 1.54. The molecule has 90 valence electrons. The van der Waals surface area contributed by atoms with Crippen molar-refractivity contribution in [1.29, 1.82) is 0 Å². The summed E-state index contributed by atoms with van der Waals surface area (Å²) in [5, 5.41) is 3.25. The minimum absolute atomic E-state index is 0.0692. The van der Waals surface area contributed by atoms with Crippen molar-refractivity contribution < 1.29 is 4.74 Å². The van der Waals surface area contributed by atoms with Crippen LogP contribution in [0.3, 0.4) is 0 Å². The van der Waals surface area contributed by atoms with E-state index in [4.69, 9.17) is 4.74 Å². The predicted octanol–water partition coefficient (Wildman–Crippen LogP) is 3.16. The van der Waals surface area contributed by atoms with Crippen molar-refractivity contribution in [2.24, 2.45) is 0 Å². The molecular formula is C11H18BrN3O. The first-order valence-corrected chi connectivity index (χ1v) is 6.36. The smallest absolute Gasteiger partial charge is 0.159 e. The molecule has 0 aliphatic carbocycles. The summed E-state index contributed by atoms with van der Waals surface area (Å²) in [7, 11) is 0. The van der Waals surface area contributed by atoms with E-state index in [0.29, 0.717) is 12.4 Å². The van der Waals surface area contributed by atoms with Crippen LogP contribution in [0.5, 0.6) is 0 Å². The van der Waals surface area contributed by atoms with E-state index in [1.165, 1.54) is 0 Å². The molecule has 0 amide bonds. The summed E-state index contributed by atoms with van der Waals surface area (Å²) in [4.78, 5) is 8.68. The van der Waals surface area contributed by atoms with E-state index in [1.54, 1.807) is 6.20 Å². The highest BCUT2D eigenvalue weighted by Gasteiger charge is 2.11. The molecule has 1 unspecified atom stereocenters. The standard InChI is InChI=1S/C11H18BrN3O/c1-4-6-13-11-9(12)7-14-10(15-11)8(3)16-5-2/h7-8H,4-6H2,1-3H3,(H,13,14,15). The Morgan fingerprint density at radius 1 is 1.50 bits per heavy atom. The van der Waals surface area contributed by atoms with Gasteiger partial charge in [0.15, 0.2) is 5.82 Å². The monoisotopic (exact) mass is 287 g/mol. The van der Waals surface area contributed by atoms with Crippen LogP contribution in [0.15, 0.2) is 10.7 Å². The molecule has 1 atom stereocenters. The van der Waals surface area contributed by atoms with Gasteiger partial charge in [-0.1, -0.05) is 6.92 Å². The van der Waals surface area contributed by atoms with E-state index in [-0.39, 0.29) is 6.10 Å². The Morgan fingerprint density at radius 3 is 2.88 bits per heavy atom. The Labute approximate surface area is 105 Å². The molecule has 1 rings (SSSR count). The molecule has 16 heavy (non-hydrogen) atoms. The molecule has 5 heteroatoms. The van der Waals surface area contributed by atoms with Gasteiger partial charge in [-0.3, -0.25) is 0 Å². The second-order valence-corrected chi connectivity index (χ2v) is 4.30. The Kier molecular flexibility index (Phi) is 5.69. The normalized spacial score (nSPS) is 12.5. The maximum Gasteiger partial charge on any atom is 0.159 e. The van der Waals surface area contributed by atoms with Gasteiger partial charge < -0.3 is 10.1 Å². The molecule has 0 spiro atoms. The van der Waals surface area contributed by atoms with Crippen molar-refractivity contribution >= 4 is 21.7 Å². The van der Waals surface area contributed by atoms with E-state index >= 15 is 0 Å². The summed E-state index contributed by atoms with van der Waals surface area (Å²) in [6.07, 6.45) is 2.75. The van der Waals surface area contributed by atoms with Crippen LogP contribution in [0.1, 0.15) is 39.1 Å². The lowest BCUT2D eigenvalue weighted by atomic mass is 10.3. The quantitative estimate of drug-likeness (QED) is 0.873. The SMILES string of the molecule is CCCNc1nc(C(C)OCC)ncc1Br. The second kappa shape index (κ2) is 6.81. The van der Waals surface area contributed by atoms with Crippen LogP contribution < -0.4 is 5.32 Å². The zero-order valence-corrected chi connectivity index (χ0v) is 11.5. The molecule has 1 aromatic rings. The van der Waals surface area contributed by atoms with Crippen molar-refractivity contribution in [3.8, 4) is 0 Å². The number of nitrogens with zero attached hydrogens (tertiary/aromatic N) is 2. The van der Waals surface area contributed by atoms with Crippen molar-refractivity contribution in [2.45, 2.75) is 33.3 Å². The van der Waals surface area contributed by atoms with E-state index in [2.05, 4.69) is 38.1 Å². The van der Waals surface area contributed by atoms with Crippen molar-refractivity contribution in [3.05, 3.63) is 16.5 Å². The first-order chi connectivity index (χ1) is 7.69. The van der Waals surface area contributed by atoms with E-state index in [9.17, 15) is 0 Å². The molecule has 0 bridgehead atoms. The Balaban J connectivity index is 2.80. The molecule has 0 radical (unpaired) electrons. The van der Waals surface area contributed by atoms with Gasteiger partial charge in [-0.25, -0.2) is 9.97 Å². The number of halogens is 1. The fraction of sp³-hybridized carbons (Fsp3) is 0.636. The van der Waals surface area contributed by atoms with Crippen LogP contribution in [-0.4, -0.2) is 23.1 Å². The molecular weight excluding hydrogens is 270 g/mol. The first kappa shape index (κ1) is 13.4. The van der Waals surface area contributed by atoms with Gasteiger partial charge in [-0.15, -0.1) is 0 Å². The van der Waals surface area contributed by atoms with Gasteiger partial charge in [0.05, 0.1) is 4.47 Å². The second-order valence-electron chi connectivity index (χ2n) is 3.45. The molecule has 0 fully saturated rings. The Hall–Kier alpha value is -0.680. The number of hydrogen-bond donors (Lipinski definition) is 1. The van der Waals surface area contributed by atoms with Crippen molar-refractivity contribution in [3.63, 3.8) is 0 Å². The Bertz CT molecular complexity index is 333. The van der Waals surface area contributed by atoms with Crippen molar-refractivity contribution in [2.75, 3.05) is 18.5 Å². The lowest BCUT2D eigenvalue weighted by Gasteiger charge is -2.12. The number of hydrogen-bond acceptors (Lipinski definition) is 4. The van der Waals surface area contributed by atoms with Gasteiger partial charge in [0, 0.05) is 19.3 Å². The number of nitrogens with one attached hydrogen (secondary N) is 1. The molecule has 0 aromatic carbocycles. The summed E-state index contributed by atoms with van der Waals surface area (Å²) in [6, 6.07) is 0. The highest BCUT2D eigenvalue weighted by atomic mass is 79.9. The summed E-state index contributed by atoms with van der Waals surface area (Å²) in [5.41, 5.74) is 0. The minimum Gasteiger partial charge on any atom is -0.371 e. The van der Waals surface area contributed by atoms with Gasteiger partial charge >= 0.3 is 0 Å². The fourth-order valence-electron chi connectivity index (χ4n) is 1.27. The number of anilines is 1. The summed E-state index contributed by atoms with van der Waals surface area (Å²) >= 11 is 3.42. The van der Waals surface area contributed by atoms with Crippen LogP contribution in [0.2, 0.25) is 0 Å². The highest BCUT2D eigenvalue weighted by molar-refractivity contribution is 9.10. The van der Waals surface area contributed by atoms with Crippen LogP contribution in [0.4, 0.5) is 5.82 Å². The molecule has 0 saturated carbocycles. The number of ether oxygens (including phenoxy) is 1. The van der Waals surface area contributed by atoms with Crippen molar-refractivity contribution in [1.82, 2.24) is 9.97 Å². The van der Waals surface area contributed by atoms with E-state index in [0.717, 1.165) is 23.3 Å². The minimum atomic E-state index is -0.0692. The highest BCUT2D eigenvalue weighted by Crippen LogP contribution is 2.21. The largest absolute Gasteiger partial charge is 0.371 e. The van der Waals surface area contributed by atoms with Crippen LogP contribution >= 0.6 is 15.9 Å². The molecule has 0 saturated heterocycles. The van der Waals surface area contributed by atoms with Gasteiger partial charge in [-0.2, -0.15) is 0 Å². The number of rotatable bonds is 6. The van der Waals surface area contributed by atoms with Crippen LogP contribution in [-0.2, 0) is 4.74 Å². The van der Waals surface area contributed by atoms with Gasteiger partial charge in [-0.05, 0) is 36.2 Å². The maximum absolute atomic E-state index is 5.46. The zero-order chi connectivity index (χ0) is 12.0. The lowest BCUT2D eigenvalue weighted by Crippen LogP contribution is -2.09. The third kappa shape index (κ3) is 3.72. The summed E-state index contributed by atoms with van der Waals surface area (Å²) < 4.78 is 6.34. The number of aromatic nitrogens is 2. The average Bonchev–Trinajstić information content (AvgIpc) is 2.28. The average molecular weight is 288 g/mol. The molecule has 1 aromatic heterocycles. The van der Waals surface area contributed by atoms with Crippen LogP contribution in [0.25, 0.3) is 0 Å². The van der Waals surface area contributed by atoms with E-state index in [1.807, 2.05) is 13.8 Å². The summed E-state index contributed by atoms with van der Waals surface area (Å²) in [6.45, 7) is 7.60. The fourth-order valence-corrected chi connectivity index (χ4v) is 1.60. The van der Waals surface area contributed by atoms with Gasteiger partial charge in [0.25, 0.3) is 0 Å². The zero-order valence-electron chi connectivity index (χ0n) is 9.96. The predicted molar refractivity (Wildman–Crippen MR) is 68.6 cm³/mol.